The molecule has 1 amide bonds. The average Bonchev–Trinajstić information content (AvgIpc) is 2.49. The van der Waals surface area contributed by atoms with Crippen LogP contribution in [0.5, 0.6) is 5.75 Å². The van der Waals surface area contributed by atoms with Crippen LogP contribution < -0.4 is 10.1 Å². The predicted molar refractivity (Wildman–Crippen MR) is 101 cm³/mol. The first-order valence-electron chi connectivity index (χ1n) is 8.84. The minimum absolute atomic E-state index is 0.0187. The molecule has 0 aliphatic carbocycles. The zero-order valence-electron chi connectivity index (χ0n) is 16.0. The molecule has 3 heteroatoms. The Morgan fingerprint density at radius 3 is 2.44 bits per heavy atom. The van der Waals surface area contributed by atoms with E-state index in [1.165, 1.54) is 5.56 Å². The fourth-order valence-corrected chi connectivity index (χ4v) is 3.53. The van der Waals surface area contributed by atoms with Crippen molar-refractivity contribution in [3.8, 4) is 5.75 Å². The number of rotatable bonds is 2. The Kier molecular flexibility index (Phi) is 4.36. The van der Waals surface area contributed by atoms with Gasteiger partial charge in [0.2, 0.25) is 0 Å². The van der Waals surface area contributed by atoms with Gasteiger partial charge in [0, 0.05) is 17.5 Å². The van der Waals surface area contributed by atoms with Crippen molar-refractivity contribution in [3.63, 3.8) is 0 Å². The van der Waals surface area contributed by atoms with Crippen molar-refractivity contribution in [2.75, 3.05) is 0 Å². The molecule has 1 N–H and O–H groups in total. The van der Waals surface area contributed by atoms with Gasteiger partial charge in [-0.3, -0.25) is 4.79 Å². The maximum Gasteiger partial charge on any atom is 0.252 e. The molecule has 0 aromatic heterocycles. The number of benzene rings is 2. The van der Waals surface area contributed by atoms with Crippen LogP contribution in [0.3, 0.4) is 0 Å². The quantitative estimate of drug-likeness (QED) is 0.842. The Morgan fingerprint density at radius 1 is 1.04 bits per heavy atom. The topological polar surface area (TPSA) is 38.3 Å². The van der Waals surface area contributed by atoms with Crippen molar-refractivity contribution < 1.29 is 9.53 Å². The van der Waals surface area contributed by atoms with Crippen LogP contribution in [0.25, 0.3) is 0 Å². The van der Waals surface area contributed by atoms with E-state index >= 15 is 0 Å². The number of carbonyl (C=O) groups excluding carboxylic acids is 1. The molecule has 0 bridgehead atoms. The van der Waals surface area contributed by atoms with E-state index in [0.717, 1.165) is 40.0 Å². The molecule has 3 rings (SSSR count). The number of amides is 1. The predicted octanol–water partition coefficient (Wildman–Crippen LogP) is 4.95. The van der Waals surface area contributed by atoms with Gasteiger partial charge in [-0.05, 0) is 75.9 Å². The Hall–Kier alpha value is -2.29. The molecule has 2 aromatic rings. The van der Waals surface area contributed by atoms with Crippen molar-refractivity contribution in [3.05, 3.63) is 63.7 Å². The first-order chi connectivity index (χ1) is 11.7. The van der Waals surface area contributed by atoms with Gasteiger partial charge in [-0.15, -0.1) is 0 Å². The van der Waals surface area contributed by atoms with E-state index in [1.807, 2.05) is 19.9 Å². The van der Waals surface area contributed by atoms with Crippen molar-refractivity contribution >= 4 is 5.91 Å². The van der Waals surface area contributed by atoms with Crippen LogP contribution in [0.4, 0.5) is 0 Å². The summed E-state index contributed by atoms with van der Waals surface area (Å²) in [5.41, 5.74) is 6.02. The third kappa shape index (κ3) is 3.55. The molecular weight excluding hydrogens is 310 g/mol. The van der Waals surface area contributed by atoms with E-state index in [4.69, 9.17) is 4.74 Å². The normalized spacial score (nSPS) is 18.2. The number of nitrogens with one attached hydrogen (secondary N) is 1. The minimum atomic E-state index is -0.309. The summed E-state index contributed by atoms with van der Waals surface area (Å²) in [4.78, 5) is 12.9. The van der Waals surface area contributed by atoms with Crippen LogP contribution >= 0.6 is 0 Å². The van der Waals surface area contributed by atoms with Gasteiger partial charge in [0.05, 0.1) is 6.04 Å². The van der Waals surface area contributed by atoms with Gasteiger partial charge in [-0.25, -0.2) is 0 Å². The molecule has 0 saturated carbocycles. The third-order valence-corrected chi connectivity index (χ3v) is 5.02. The van der Waals surface area contributed by atoms with Gasteiger partial charge in [0.15, 0.2) is 0 Å². The Bertz CT molecular complexity index is 836. The molecule has 132 valence electrons. The van der Waals surface area contributed by atoms with E-state index in [0.29, 0.717) is 0 Å². The number of hydrogen-bond acceptors (Lipinski definition) is 2. The summed E-state index contributed by atoms with van der Waals surface area (Å²) in [6.45, 7) is 12.3. The van der Waals surface area contributed by atoms with Crippen molar-refractivity contribution in [1.29, 1.82) is 0 Å². The highest BCUT2D eigenvalue weighted by molar-refractivity contribution is 5.96. The monoisotopic (exact) mass is 337 g/mol. The second-order valence-electron chi connectivity index (χ2n) is 7.88. The number of hydrogen-bond donors (Lipinski definition) is 1. The molecule has 1 heterocycles. The molecule has 0 spiro atoms. The van der Waals surface area contributed by atoms with Gasteiger partial charge >= 0.3 is 0 Å². The molecule has 1 aliphatic rings. The lowest BCUT2D eigenvalue weighted by atomic mass is 9.88. The number of aryl methyl sites for hydroxylation is 4. The molecule has 1 atom stereocenters. The van der Waals surface area contributed by atoms with E-state index in [1.54, 1.807) is 0 Å². The second-order valence-corrected chi connectivity index (χ2v) is 7.88. The fourth-order valence-electron chi connectivity index (χ4n) is 3.53. The first kappa shape index (κ1) is 17.5. The van der Waals surface area contributed by atoms with Crippen molar-refractivity contribution in [2.24, 2.45) is 0 Å². The van der Waals surface area contributed by atoms with E-state index < -0.39 is 0 Å². The second kappa shape index (κ2) is 6.21. The van der Waals surface area contributed by atoms with Crippen LogP contribution in [0.15, 0.2) is 30.3 Å². The number of fused-ring (bicyclic) bond motifs is 1. The lowest BCUT2D eigenvalue weighted by Gasteiger charge is -2.38. The zero-order chi connectivity index (χ0) is 18.4. The Balaban J connectivity index is 1.93. The average molecular weight is 337 g/mol. The van der Waals surface area contributed by atoms with Crippen LogP contribution in [0, 0.1) is 27.7 Å². The molecule has 1 aliphatic heterocycles. The van der Waals surface area contributed by atoms with Gasteiger partial charge < -0.3 is 10.1 Å². The van der Waals surface area contributed by atoms with Crippen molar-refractivity contribution in [1.82, 2.24) is 5.32 Å². The van der Waals surface area contributed by atoms with Crippen LogP contribution in [-0.4, -0.2) is 11.5 Å². The minimum Gasteiger partial charge on any atom is -0.487 e. The summed E-state index contributed by atoms with van der Waals surface area (Å²) >= 11 is 0. The largest absolute Gasteiger partial charge is 0.487 e. The van der Waals surface area contributed by atoms with E-state index in [-0.39, 0.29) is 17.6 Å². The zero-order valence-corrected chi connectivity index (χ0v) is 16.0. The highest BCUT2D eigenvalue weighted by Crippen LogP contribution is 2.40. The first-order valence-corrected chi connectivity index (χ1v) is 8.84. The van der Waals surface area contributed by atoms with Crippen LogP contribution in [0.1, 0.15) is 64.5 Å². The molecule has 0 fully saturated rings. The SMILES string of the molecule is Cc1ccc2c(c1)OC(C)(C)C[C@H]2NC(=O)c1cc(C)c(C)cc1C. The molecule has 3 nitrogen and oxygen atoms in total. The highest BCUT2D eigenvalue weighted by atomic mass is 16.5. The van der Waals surface area contributed by atoms with E-state index in [2.05, 4.69) is 57.3 Å². The summed E-state index contributed by atoms with van der Waals surface area (Å²) in [7, 11) is 0. The van der Waals surface area contributed by atoms with Gasteiger partial charge in [-0.2, -0.15) is 0 Å². The lowest BCUT2D eigenvalue weighted by Crippen LogP contribution is -2.41. The maximum atomic E-state index is 12.9. The molecule has 25 heavy (non-hydrogen) atoms. The maximum absolute atomic E-state index is 12.9. The van der Waals surface area contributed by atoms with Crippen LogP contribution in [-0.2, 0) is 0 Å². The van der Waals surface area contributed by atoms with Crippen molar-refractivity contribution in [2.45, 2.75) is 59.6 Å². The molecule has 0 saturated heterocycles. The third-order valence-electron chi connectivity index (χ3n) is 5.02. The summed E-state index contributed by atoms with van der Waals surface area (Å²) < 4.78 is 6.12. The molecular formula is C22H27NO2. The van der Waals surface area contributed by atoms with Gasteiger partial charge in [0.1, 0.15) is 11.4 Å². The fraction of sp³-hybridized carbons (Fsp3) is 0.409. The van der Waals surface area contributed by atoms with Gasteiger partial charge in [0.25, 0.3) is 5.91 Å². The Morgan fingerprint density at radius 2 is 1.72 bits per heavy atom. The summed E-state index contributed by atoms with van der Waals surface area (Å²) in [6, 6.07) is 10.2. The van der Waals surface area contributed by atoms with Crippen LogP contribution in [0.2, 0.25) is 0 Å². The molecule has 2 aromatic carbocycles. The lowest BCUT2D eigenvalue weighted by molar-refractivity contribution is 0.0619. The molecule has 0 radical (unpaired) electrons. The summed E-state index contributed by atoms with van der Waals surface area (Å²) in [6.07, 6.45) is 0.749. The standard InChI is InChI=1S/C22H27NO2/c1-13-7-8-17-19(12-22(5,6)25-20(17)9-13)23-21(24)18-11-15(3)14(2)10-16(18)4/h7-11,19H,12H2,1-6H3,(H,23,24)/t19-/m1/s1. The Labute approximate surface area is 150 Å². The van der Waals surface area contributed by atoms with E-state index in [9.17, 15) is 4.79 Å². The number of ether oxygens (including phenoxy) is 1. The molecule has 0 unspecified atom stereocenters. The summed E-state index contributed by atoms with van der Waals surface area (Å²) in [5, 5.41) is 3.24. The highest BCUT2D eigenvalue weighted by Gasteiger charge is 2.34. The number of carbonyl (C=O) groups is 1. The van der Waals surface area contributed by atoms with Gasteiger partial charge in [-0.1, -0.05) is 18.2 Å². The summed E-state index contributed by atoms with van der Waals surface area (Å²) in [5.74, 6) is 0.855. The smallest absolute Gasteiger partial charge is 0.252 e.